The fourth-order valence-electron chi connectivity index (χ4n) is 2.73. The highest BCUT2D eigenvalue weighted by Crippen LogP contribution is 2.17. The molecule has 0 aliphatic heterocycles. The molecule has 17 heavy (non-hydrogen) atoms. The van der Waals surface area contributed by atoms with Crippen molar-refractivity contribution in [3.8, 4) is 0 Å². The van der Waals surface area contributed by atoms with Crippen molar-refractivity contribution in [3.63, 3.8) is 0 Å². The molecule has 1 aliphatic rings. The molecule has 1 saturated carbocycles. The summed E-state index contributed by atoms with van der Waals surface area (Å²) >= 11 is 0. The summed E-state index contributed by atoms with van der Waals surface area (Å²) in [5.74, 6) is 0.958. The van der Waals surface area contributed by atoms with E-state index in [0.717, 1.165) is 12.8 Å². The third-order valence-corrected chi connectivity index (χ3v) is 3.67. The molecule has 0 aromatic heterocycles. The van der Waals surface area contributed by atoms with Crippen LogP contribution in [0.25, 0.3) is 0 Å². The van der Waals surface area contributed by atoms with E-state index in [1.54, 1.807) is 0 Å². The van der Waals surface area contributed by atoms with Crippen LogP contribution < -0.4 is 10.6 Å². The third kappa shape index (κ3) is 4.97. The highest BCUT2D eigenvalue weighted by molar-refractivity contribution is 5.74. The lowest BCUT2D eigenvalue weighted by Crippen LogP contribution is -2.50. The number of nitrogens with one attached hydrogen (secondary N) is 2. The van der Waals surface area contributed by atoms with Gasteiger partial charge in [0, 0.05) is 12.1 Å². The predicted molar refractivity (Wildman–Crippen MR) is 72.0 cm³/mol. The molecule has 0 aromatic carbocycles. The molecule has 3 heteroatoms. The molecule has 0 aromatic rings. The van der Waals surface area contributed by atoms with Crippen molar-refractivity contribution < 1.29 is 4.79 Å². The normalized spacial score (nSPS) is 17.8. The molecular formula is C14H28N2O. The Morgan fingerprint density at radius 2 is 1.53 bits per heavy atom. The fourth-order valence-corrected chi connectivity index (χ4v) is 2.73. The minimum atomic E-state index is 0.0179. The largest absolute Gasteiger partial charge is 0.335 e. The van der Waals surface area contributed by atoms with Crippen LogP contribution in [-0.2, 0) is 0 Å². The monoisotopic (exact) mass is 240 g/mol. The standard InChI is InChI=1S/C14H28N2O/c1-10(2)13(11(3)4)16-14(17)15-12-8-6-5-7-9-12/h10-13H,5-9H2,1-4H3,(H2,15,16,17). The van der Waals surface area contributed by atoms with Crippen molar-refractivity contribution in [2.24, 2.45) is 11.8 Å². The summed E-state index contributed by atoms with van der Waals surface area (Å²) < 4.78 is 0. The molecule has 100 valence electrons. The van der Waals surface area contributed by atoms with E-state index in [1.807, 2.05) is 0 Å². The van der Waals surface area contributed by atoms with Crippen LogP contribution in [0.3, 0.4) is 0 Å². The second-order valence-electron chi connectivity index (χ2n) is 5.97. The van der Waals surface area contributed by atoms with Gasteiger partial charge in [-0.2, -0.15) is 0 Å². The Labute approximate surface area is 106 Å². The number of hydrogen-bond donors (Lipinski definition) is 2. The molecule has 1 aliphatic carbocycles. The van der Waals surface area contributed by atoms with E-state index >= 15 is 0 Å². The van der Waals surface area contributed by atoms with E-state index in [9.17, 15) is 4.79 Å². The quantitative estimate of drug-likeness (QED) is 0.778. The molecule has 1 fully saturated rings. The lowest BCUT2D eigenvalue weighted by molar-refractivity contribution is 0.217. The van der Waals surface area contributed by atoms with Gasteiger partial charge in [-0.1, -0.05) is 47.0 Å². The van der Waals surface area contributed by atoms with Crippen molar-refractivity contribution in [1.29, 1.82) is 0 Å². The number of amides is 2. The maximum absolute atomic E-state index is 11.9. The van der Waals surface area contributed by atoms with E-state index in [1.165, 1.54) is 19.3 Å². The number of rotatable bonds is 4. The van der Waals surface area contributed by atoms with Gasteiger partial charge in [-0.15, -0.1) is 0 Å². The zero-order valence-corrected chi connectivity index (χ0v) is 11.8. The second-order valence-corrected chi connectivity index (χ2v) is 5.97. The van der Waals surface area contributed by atoms with Gasteiger partial charge in [-0.3, -0.25) is 0 Å². The Bertz CT molecular complexity index is 224. The van der Waals surface area contributed by atoms with Crippen LogP contribution in [0.15, 0.2) is 0 Å². The van der Waals surface area contributed by atoms with Crippen molar-refractivity contribution in [3.05, 3.63) is 0 Å². The molecule has 2 N–H and O–H groups in total. The summed E-state index contributed by atoms with van der Waals surface area (Å²) in [6.45, 7) is 8.63. The Hall–Kier alpha value is -0.730. The summed E-state index contributed by atoms with van der Waals surface area (Å²) in [4.78, 5) is 11.9. The molecule has 0 bridgehead atoms. The van der Waals surface area contributed by atoms with Gasteiger partial charge in [0.1, 0.15) is 0 Å². The van der Waals surface area contributed by atoms with Crippen LogP contribution in [-0.4, -0.2) is 18.1 Å². The van der Waals surface area contributed by atoms with Crippen LogP contribution in [0.1, 0.15) is 59.8 Å². The second kappa shape index (κ2) is 6.87. The first-order chi connectivity index (χ1) is 8.00. The maximum atomic E-state index is 11.9. The molecule has 0 spiro atoms. The molecule has 3 nitrogen and oxygen atoms in total. The summed E-state index contributed by atoms with van der Waals surface area (Å²) in [5, 5.41) is 6.22. The lowest BCUT2D eigenvalue weighted by atomic mass is 9.93. The fraction of sp³-hybridized carbons (Fsp3) is 0.929. The highest BCUT2D eigenvalue weighted by Gasteiger charge is 2.21. The van der Waals surface area contributed by atoms with Crippen LogP contribution in [0.2, 0.25) is 0 Å². The molecule has 0 heterocycles. The molecule has 0 saturated heterocycles. The van der Waals surface area contributed by atoms with Crippen molar-refractivity contribution in [1.82, 2.24) is 10.6 Å². The van der Waals surface area contributed by atoms with Gasteiger partial charge in [0.2, 0.25) is 0 Å². The van der Waals surface area contributed by atoms with Crippen LogP contribution in [0.5, 0.6) is 0 Å². The minimum absolute atomic E-state index is 0.0179. The van der Waals surface area contributed by atoms with Crippen LogP contribution in [0.4, 0.5) is 4.79 Å². The lowest BCUT2D eigenvalue weighted by Gasteiger charge is -2.28. The van der Waals surface area contributed by atoms with Crippen LogP contribution >= 0.6 is 0 Å². The van der Waals surface area contributed by atoms with E-state index in [2.05, 4.69) is 38.3 Å². The van der Waals surface area contributed by atoms with Gasteiger partial charge in [-0.05, 0) is 24.7 Å². The zero-order valence-electron chi connectivity index (χ0n) is 11.8. The number of carbonyl (C=O) groups excluding carboxylic acids is 1. The Morgan fingerprint density at radius 1 is 1.00 bits per heavy atom. The third-order valence-electron chi connectivity index (χ3n) is 3.67. The van der Waals surface area contributed by atoms with Crippen molar-refractivity contribution in [2.45, 2.75) is 71.9 Å². The minimum Gasteiger partial charge on any atom is -0.335 e. The molecule has 0 atom stereocenters. The smallest absolute Gasteiger partial charge is 0.315 e. The molecule has 0 radical (unpaired) electrons. The Kier molecular flexibility index (Phi) is 5.79. The average Bonchev–Trinajstić information content (AvgIpc) is 2.26. The molecular weight excluding hydrogens is 212 g/mol. The van der Waals surface area contributed by atoms with E-state index in [4.69, 9.17) is 0 Å². The first-order valence-electron chi connectivity index (χ1n) is 7.07. The van der Waals surface area contributed by atoms with Gasteiger partial charge >= 0.3 is 6.03 Å². The molecule has 0 unspecified atom stereocenters. The molecule has 1 rings (SSSR count). The van der Waals surface area contributed by atoms with Gasteiger partial charge in [0.05, 0.1) is 0 Å². The Morgan fingerprint density at radius 3 is 2.00 bits per heavy atom. The highest BCUT2D eigenvalue weighted by atomic mass is 16.2. The van der Waals surface area contributed by atoms with Crippen molar-refractivity contribution in [2.75, 3.05) is 0 Å². The Balaban J connectivity index is 2.36. The van der Waals surface area contributed by atoms with E-state index in [0.29, 0.717) is 17.9 Å². The molecule has 2 amide bonds. The number of hydrogen-bond acceptors (Lipinski definition) is 1. The average molecular weight is 240 g/mol. The summed E-state index contributed by atoms with van der Waals surface area (Å²) in [5.41, 5.74) is 0. The number of urea groups is 1. The van der Waals surface area contributed by atoms with Gasteiger partial charge in [0.25, 0.3) is 0 Å². The van der Waals surface area contributed by atoms with E-state index in [-0.39, 0.29) is 12.1 Å². The van der Waals surface area contributed by atoms with Crippen molar-refractivity contribution >= 4 is 6.03 Å². The zero-order chi connectivity index (χ0) is 12.8. The number of carbonyl (C=O) groups is 1. The summed E-state index contributed by atoms with van der Waals surface area (Å²) in [6, 6.07) is 0.673. The maximum Gasteiger partial charge on any atom is 0.315 e. The summed E-state index contributed by atoms with van der Waals surface area (Å²) in [7, 11) is 0. The SMILES string of the molecule is CC(C)C(NC(=O)NC1CCCCC1)C(C)C. The predicted octanol–water partition coefficient (Wildman–Crippen LogP) is 3.30. The van der Waals surface area contributed by atoms with Gasteiger partial charge in [-0.25, -0.2) is 4.79 Å². The van der Waals surface area contributed by atoms with Gasteiger partial charge < -0.3 is 10.6 Å². The first-order valence-corrected chi connectivity index (χ1v) is 7.07. The van der Waals surface area contributed by atoms with Gasteiger partial charge in [0.15, 0.2) is 0 Å². The summed E-state index contributed by atoms with van der Waals surface area (Å²) in [6.07, 6.45) is 6.11. The topological polar surface area (TPSA) is 41.1 Å². The van der Waals surface area contributed by atoms with E-state index < -0.39 is 0 Å². The first kappa shape index (κ1) is 14.3. The van der Waals surface area contributed by atoms with Crippen LogP contribution in [0, 0.1) is 11.8 Å².